The van der Waals surface area contributed by atoms with E-state index in [1.54, 1.807) is 11.5 Å². The Morgan fingerprint density at radius 1 is 1.40 bits per heavy atom. The van der Waals surface area contributed by atoms with Gasteiger partial charge in [0.1, 0.15) is 12.3 Å². The zero-order valence-corrected chi connectivity index (χ0v) is 11.5. The molecule has 1 aromatic heterocycles. The Morgan fingerprint density at radius 2 is 2.10 bits per heavy atom. The number of nitrogens with zero attached hydrogens (tertiary/aromatic N) is 2. The first-order valence-corrected chi connectivity index (χ1v) is 6.53. The maximum Gasteiger partial charge on any atom is 0.242 e. The largest absolute Gasteiger partial charge is 0.374 e. The summed E-state index contributed by atoms with van der Waals surface area (Å²) in [4.78, 5) is 15.6. The highest BCUT2D eigenvalue weighted by Crippen LogP contribution is 2.21. The van der Waals surface area contributed by atoms with Gasteiger partial charge in [0.25, 0.3) is 0 Å². The molecule has 0 aliphatic rings. The second kappa shape index (κ2) is 6.43. The molecule has 0 bridgehead atoms. The zero-order valence-electron chi connectivity index (χ0n) is 11.5. The van der Waals surface area contributed by atoms with E-state index < -0.39 is 11.7 Å². The second-order valence-electron chi connectivity index (χ2n) is 4.44. The normalized spacial score (nSPS) is 12.3. The molecule has 1 heterocycles. The van der Waals surface area contributed by atoms with Gasteiger partial charge < -0.3 is 9.30 Å². The Kier molecular flexibility index (Phi) is 4.63. The summed E-state index contributed by atoms with van der Waals surface area (Å²) in [6.07, 6.45) is 1.35. The molecule has 0 aliphatic carbocycles. The van der Waals surface area contributed by atoms with Crippen molar-refractivity contribution < 1.29 is 13.9 Å². The van der Waals surface area contributed by atoms with Gasteiger partial charge >= 0.3 is 0 Å². The van der Waals surface area contributed by atoms with Crippen molar-refractivity contribution in [3.05, 3.63) is 53.9 Å². The van der Waals surface area contributed by atoms with Gasteiger partial charge in [0.05, 0.1) is 12.4 Å². The van der Waals surface area contributed by atoms with Crippen LogP contribution in [0.15, 0.2) is 36.7 Å². The minimum atomic E-state index is -0.752. The van der Waals surface area contributed by atoms with Crippen molar-refractivity contribution in [1.29, 1.82) is 0 Å². The third-order valence-corrected chi connectivity index (χ3v) is 3.15. The number of carbonyl (C=O) groups is 1. The summed E-state index contributed by atoms with van der Waals surface area (Å²) in [6, 6.07) is 9.40. The molecular weight excluding hydrogens is 259 g/mol. The number of Topliss-reactive ketones (excluding diaryl/α,β-unsaturated/α-hetero) is 1. The fraction of sp³-hybridized carbons (Fsp3) is 0.333. The highest BCUT2D eigenvalue weighted by molar-refractivity contribution is 5.95. The number of halogens is 1. The lowest BCUT2D eigenvalue weighted by molar-refractivity contribution is 0.0768. The van der Waals surface area contributed by atoms with Gasteiger partial charge in [0.15, 0.2) is 0 Å². The Labute approximate surface area is 117 Å². The first-order chi connectivity index (χ1) is 9.65. The van der Waals surface area contributed by atoms with Crippen molar-refractivity contribution >= 4 is 5.78 Å². The fourth-order valence-corrected chi connectivity index (χ4v) is 2.05. The van der Waals surface area contributed by atoms with Crippen LogP contribution in [0, 0.1) is 5.95 Å². The highest BCUT2D eigenvalue weighted by atomic mass is 19.1. The quantitative estimate of drug-likeness (QED) is 0.762. The van der Waals surface area contributed by atoms with Crippen LogP contribution in [-0.4, -0.2) is 28.5 Å². The molecule has 106 valence electrons. The first kappa shape index (κ1) is 14.4. The van der Waals surface area contributed by atoms with Crippen LogP contribution in [0.2, 0.25) is 0 Å². The molecule has 20 heavy (non-hydrogen) atoms. The minimum absolute atomic E-state index is 0.0326. The second-order valence-corrected chi connectivity index (χ2v) is 4.44. The molecule has 1 aromatic carbocycles. The van der Waals surface area contributed by atoms with Gasteiger partial charge in [-0.3, -0.25) is 4.79 Å². The van der Waals surface area contributed by atoms with Crippen LogP contribution in [0.25, 0.3) is 0 Å². The van der Waals surface area contributed by atoms with Gasteiger partial charge in [0, 0.05) is 6.61 Å². The molecule has 0 unspecified atom stereocenters. The summed E-state index contributed by atoms with van der Waals surface area (Å²) in [5.74, 6) is -1.15. The summed E-state index contributed by atoms with van der Waals surface area (Å²) >= 11 is 0. The average molecular weight is 276 g/mol. The van der Waals surface area contributed by atoms with Gasteiger partial charge in [-0.1, -0.05) is 30.3 Å². The molecule has 0 saturated heterocycles. The predicted octanol–water partition coefficient (Wildman–Crippen LogP) is 2.85. The SMILES string of the molecule is CCOCC(=O)c1c(F)ncn1[C@H](C)c1ccccc1. The van der Waals surface area contributed by atoms with Crippen molar-refractivity contribution in [2.45, 2.75) is 19.9 Å². The molecule has 2 rings (SSSR count). The van der Waals surface area contributed by atoms with E-state index in [1.807, 2.05) is 37.3 Å². The van der Waals surface area contributed by atoms with E-state index in [0.717, 1.165) is 5.56 Å². The minimum Gasteiger partial charge on any atom is -0.374 e. The molecular formula is C15H17FN2O2. The van der Waals surface area contributed by atoms with E-state index in [-0.39, 0.29) is 18.3 Å². The number of hydrogen-bond donors (Lipinski definition) is 0. The fourth-order valence-electron chi connectivity index (χ4n) is 2.05. The summed E-state index contributed by atoms with van der Waals surface area (Å²) in [6.45, 7) is 3.96. The van der Waals surface area contributed by atoms with Crippen molar-refractivity contribution in [1.82, 2.24) is 9.55 Å². The van der Waals surface area contributed by atoms with Gasteiger partial charge in [-0.25, -0.2) is 4.98 Å². The Bertz CT molecular complexity index is 581. The van der Waals surface area contributed by atoms with Gasteiger partial charge in [-0.2, -0.15) is 4.39 Å². The number of carbonyl (C=O) groups excluding carboxylic acids is 1. The van der Waals surface area contributed by atoms with Crippen molar-refractivity contribution in [3.8, 4) is 0 Å². The van der Waals surface area contributed by atoms with Crippen LogP contribution >= 0.6 is 0 Å². The smallest absolute Gasteiger partial charge is 0.242 e. The third-order valence-electron chi connectivity index (χ3n) is 3.15. The summed E-state index contributed by atoms with van der Waals surface area (Å²) < 4.78 is 20.4. The van der Waals surface area contributed by atoms with Crippen molar-refractivity contribution in [3.63, 3.8) is 0 Å². The average Bonchev–Trinajstić information content (AvgIpc) is 2.86. The standard InChI is InChI=1S/C15H17FN2O2/c1-3-20-9-13(19)14-15(16)17-10-18(14)11(2)12-7-5-4-6-8-12/h4-8,10-11H,3,9H2,1-2H3/t11-/m1/s1. The van der Waals surface area contributed by atoms with Gasteiger partial charge in [-0.05, 0) is 19.4 Å². The number of ketones is 1. The van der Waals surface area contributed by atoms with Crippen LogP contribution in [0.5, 0.6) is 0 Å². The number of hydrogen-bond acceptors (Lipinski definition) is 3. The van der Waals surface area contributed by atoms with Gasteiger partial charge in [-0.15, -0.1) is 0 Å². The molecule has 0 amide bonds. The van der Waals surface area contributed by atoms with Crippen molar-refractivity contribution in [2.24, 2.45) is 0 Å². The number of imidazole rings is 1. The summed E-state index contributed by atoms with van der Waals surface area (Å²) in [5, 5.41) is 0. The zero-order chi connectivity index (χ0) is 14.5. The number of benzene rings is 1. The van der Waals surface area contributed by atoms with E-state index in [1.165, 1.54) is 6.33 Å². The predicted molar refractivity (Wildman–Crippen MR) is 73.3 cm³/mol. The Morgan fingerprint density at radius 3 is 2.75 bits per heavy atom. The summed E-state index contributed by atoms with van der Waals surface area (Å²) in [7, 11) is 0. The van der Waals surface area contributed by atoms with Crippen LogP contribution in [0.4, 0.5) is 4.39 Å². The van der Waals surface area contributed by atoms with E-state index >= 15 is 0 Å². The van der Waals surface area contributed by atoms with Crippen LogP contribution in [-0.2, 0) is 4.74 Å². The lowest BCUT2D eigenvalue weighted by Gasteiger charge is -2.16. The van der Waals surface area contributed by atoms with Gasteiger partial charge in [0.2, 0.25) is 11.7 Å². The third kappa shape index (κ3) is 2.93. The molecule has 1 atom stereocenters. The maximum absolute atomic E-state index is 13.8. The monoisotopic (exact) mass is 276 g/mol. The molecule has 0 aliphatic heterocycles. The van der Waals surface area contributed by atoms with Crippen LogP contribution < -0.4 is 0 Å². The summed E-state index contributed by atoms with van der Waals surface area (Å²) in [5.41, 5.74) is 0.949. The molecule has 4 nitrogen and oxygen atoms in total. The van der Waals surface area contributed by atoms with Crippen LogP contribution in [0.3, 0.4) is 0 Å². The number of aromatic nitrogens is 2. The molecule has 2 aromatic rings. The molecule has 5 heteroatoms. The Balaban J connectivity index is 2.31. The molecule has 0 N–H and O–H groups in total. The number of rotatable bonds is 6. The molecule has 0 saturated carbocycles. The molecule has 0 spiro atoms. The van der Waals surface area contributed by atoms with E-state index in [4.69, 9.17) is 4.74 Å². The van der Waals surface area contributed by atoms with Crippen molar-refractivity contribution in [2.75, 3.05) is 13.2 Å². The Hall–Kier alpha value is -2.01. The lowest BCUT2D eigenvalue weighted by atomic mass is 10.1. The molecule has 0 fully saturated rings. The number of ether oxygens (including phenoxy) is 1. The van der Waals surface area contributed by atoms with E-state index in [2.05, 4.69) is 4.98 Å². The van der Waals surface area contributed by atoms with E-state index in [9.17, 15) is 9.18 Å². The van der Waals surface area contributed by atoms with E-state index in [0.29, 0.717) is 6.61 Å². The topological polar surface area (TPSA) is 44.1 Å². The maximum atomic E-state index is 13.8. The highest BCUT2D eigenvalue weighted by Gasteiger charge is 2.22. The lowest BCUT2D eigenvalue weighted by Crippen LogP contribution is -2.18. The molecule has 0 radical (unpaired) electrons. The van der Waals surface area contributed by atoms with Crippen LogP contribution in [0.1, 0.15) is 35.9 Å². The first-order valence-electron chi connectivity index (χ1n) is 6.53.